The summed E-state index contributed by atoms with van der Waals surface area (Å²) in [6.07, 6.45) is 15.2. The van der Waals surface area contributed by atoms with Crippen LogP contribution in [0.25, 0.3) is 0 Å². The molecule has 7 nitrogen and oxygen atoms in total. The van der Waals surface area contributed by atoms with Gasteiger partial charge in [0.25, 0.3) is 0 Å². The van der Waals surface area contributed by atoms with Crippen LogP contribution in [0.3, 0.4) is 0 Å². The smallest absolute Gasteiger partial charge is 0.321 e. The maximum atomic E-state index is 12.6. The molecule has 2 saturated heterocycles. The van der Waals surface area contributed by atoms with Crippen LogP contribution in [0.2, 0.25) is 0 Å². The molecule has 0 bridgehead atoms. The van der Waals surface area contributed by atoms with E-state index in [-0.39, 0.29) is 12.0 Å². The maximum absolute atomic E-state index is 12.6. The third-order valence-corrected chi connectivity index (χ3v) is 10.8. The van der Waals surface area contributed by atoms with Crippen molar-refractivity contribution in [2.75, 3.05) is 39.3 Å². The van der Waals surface area contributed by atoms with Crippen molar-refractivity contribution in [3.63, 3.8) is 0 Å². The second-order valence-electron chi connectivity index (χ2n) is 14.1. The number of unbranched alkanes of at least 4 members (excludes halogenated alkanes) is 1. The summed E-state index contributed by atoms with van der Waals surface area (Å²) >= 11 is 0. The molecule has 3 atom stereocenters. The van der Waals surface area contributed by atoms with Crippen LogP contribution >= 0.6 is 0 Å². The van der Waals surface area contributed by atoms with Crippen LogP contribution < -0.4 is 4.74 Å². The number of likely N-dealkylation sites (tertiary alicyclic amines) is 2. The van der Waals surface area contributed by atoms with Crippen LogP contribution in [0.5, 0.6) is 5.75 Å². The summed E-state index contributed by atoms with van der Waals surface area (Å²) in [6, 6.07) is 10.5. The number of aliphatic carboxylic acids is 1. The van der Waals surface area contributed by atoms with Gasteiger partial charge in [-0.15, -0.1) is 0 Å². The molecular formula is C39H58N4O3. The molecule has 2 aliphatic heterocycles. The summed E-state index contributed by atoms with van der Waals surface area (Å²) in [5.41, 5.74) is 4.93. The van der Waals surface area contributed by atoms with Gasteiger partial charge in [-0.05, 0) is 94.6 Å². The fourth-order valence-electron chi connectivity index (χ4n) is 8.33. The van der Waals surface area contributed by atoms with Crippen LogP contribution in [0.4, 0.5) is 0 Å². The molecule has 5 rings (SSSR count). The van der Waals surface area contributed by atoms with Crippen molar-refractivity contribution in [3.05, 3.63) is 71.6 Å². The lowest BCUT2D eigenvalue weighted by molar-refractivity contribution is -0.145. The number of carboxylic acids is 1. The minimum atomic E-state index is -0.635. The van der Waals surface area contributed by atoms with Crippen LogP contribution in [0.1, 0.15) is 101 Å². The maximum Gasteiger partial charge on any atom is 0.321 e. The number of hydrogen-bond donors (Lipinski definition) is 1. The number of rotatable bonds is 15. The Morgan fingerprint density at radius 1 is 1.09 bits per heavy atom. The first kappa shape index (κ1) is 34.4. The molecule has 3 aliphatic rings. The van der Waals surface area contributed by atoms with Crippen molar-refractivity contribution < 1.29 is 14.6 Å². The first-order valence-electron chi connectivity index (χ1n) is 18.2. The number of hydrogen-bond acceptors (Lipinski definition) is 5. The van der Waals surface area contributed by atoms with E-state index in [1.165, 1.54) is 17.7 Å². The van der Waals surface area contributed by atoms with Gasteiger partial charge in [-0.1, -0.05) is 69.0 Å². The van der Waals surface area contributed by atoms with Gasteiger partial charge in [-0.25, -0.2) is 0 Å². The lowest BCUT2D eigenvalue weighted by atomic mass is 9.83. The Labute approximate surface area is 277 Å². The quantitative estimate of drug-likeness (QED) is 0.162. The van der Waals surface area contributed by atoms with Gasteiger partial charge in [0.1, 0.15) is 11.8 Å². The Kier molecular flexibility index (Phi) is 12.6. The van der Waals surface area contributed by atoms with Crippen molar-refractivity contribution in [3.8, 4) is 5.75 Å². The second-order valence-corrected chi connectivity index (χ2v) is 14.1. The zero-order valence-electron chi connectivity index (χ0n) is 28.7. The van der Waals surface area contributed by atoms with Crippen molar-refractivity contribution in [2.45, 2.75) is 103 Å². The molecule has 1 aromatic carbocycles. The Morgan fingerprint density at radius 3 is 2.48 bits per heavy atom. The van der Waals surface area contributed by atoms with Gasteiger partial charge in [-0.3, -0.25) is 14.4 Å². The molecule has 0 spiro atoms. The van der Waals surface area contributed by atoms with Crippen molar-refractivity contribution in [1.82, 2.24) is 19.6 Å². The van der Waals surface area contributed by atoms with Crippen molar-refractivity contribution in [2.24, 2.45) is 17.8 Å². The molecule has 252 valence electrons. The van der Waals surface area contributed by atoms with E-state index < -0.39 is 5.97 Å². The Morgan fingerprint density at radius 2 is 1.83 bits per heavy atom. The van der Waals surface area contributed by atoms with E-state index in [9.17, 15) is 9.90 Å². The first-order chi connectivity index (χ1) is 22.4. The zero-order chi connectivity index (χ0) is 32.5. The van der Waals surface area contributed by atoms with E-state index in [2.05, 4.69) is 77.4 Å². The number of aromatic nitrogens is 2. The number of ether oxygens (including phenoxy) is 1. The molecule has 3 fully saturated rings. The molecule has 46 heavy (non-hydrogen) atoms. The molecule has 1 aliphatic carbocycles. The molecule has 2 aromatic rings. The summed E-state index contributed by atoms with van der Waals surface area (Å²) in [6.45, 7) is 17.3. The Balaban J connectivity index is 1.19. The Hall–Kier alpha value is -2.90. The van der Waals surface area contributed by atoms with E-state index in [4.69, 9.17) is 9.84 Å². The molecule has 3 heterocycles. The monoisotopic (exact) mass is 630 g/mol. The van der Waals surface area contributed by atoms with Gasteiger partial charge in [0.05, 0.1) is 12.3 Å². The highest BCUT2D eigenvalue weighted by molar-refractivity contribution is 5.74. The van der Waals surface area contributed by atoms with Crippen LogP contribution in [-0.2, 0) is 17.8 Å². The van der Waals surface area contributed by atoms with E-state index in [0.717, 1.165) is 121 Å². The molecule has 1 N–H and O–H groups in total. The molecule has 1 aromatic heterocycles. The van der Waals surface area contributed by atoms with E-state index in [0.29, 0.717) is 17.8 Å². The van der Waals surface area contributed by atoms with Gasteiger partial charge in [-0.2, -0.15) is 5.10 Å². The van der Waals surface area contributed by atoms with Crippen LogP contribution in [0.15, 0.2) is 54.6 Å². The van der Waals surface area contributed by atoms with Gasteiger partial charge in [0.2, 0.25) is 0 Å². The third-order valence-electron chi connectivity index (χ3n) is 10.8. The lowest BCUT2D eigenvalue weighted by Crippen LogP contribution is -2.46. The van der Waals surface area contributed by atoms with Crippen molar-refractivity contribution in [1.29, 1.82) is 0 Å². The average molecular weight is 631 g/mol. The highest BCUT2D eigenvalue weighted by Gasteiger charge is 2.43. The summed E-state index contributed by atoms with van der Waals surface area (Å²) in [4.78, 5) is 17.5. The van der Waals surface area contributed by atoms with Crippen LogP contribution in [0, 0.1) is 17.8 Å². The third kappa shape index (κ3) is 8.71. The molecule has 0 radical (unpaired) electrons. The van der Waals surface area contributed by atoms with Gasteiger partial charge in [0, 0.05) is 50.1 Å². The SMILES string of the molecule is C=C(/C=C\C)[C@H]1CN([C@@H](C(=O)O)C2CCCCC2)C[C@@H]1CN1CCC(c2cc(Cc3ccc(OCCCC)cc3)nn2CC)CC1. The molecule has 0 unspecified atom stereocenters. The minimum absolute atomic E-state index is 0.272. The average Bonchev–Trinajstić information content (AvgIpc) is 3.67. The number of carboxylic acid groups (broad SMARTS) is 1. The summed E-state index contributed by atoms with van der Waals surface area (Å²) in [7, 11) is 0. The minimum Gasteiger partial charge on any atom is -0.494 e. The van der Waals surface area contributed by atoms with Gasteiger partial charge >= 0.3 is 5.97 Å². The highest BCUT2D eigenvalue weighted by Crippen LogP contribution is 2.38. The standard InChI is InChI=1S/C39H58N4O3/c1-5-8-23-46-35-17-15-30(16-18-35)24-34-25-37(43(7-3)40-34)31-19-21-41(22-20-31)26-33-27-42(28-36(33)29(4)12-6-2)38(39(44)45)32-13-10-9-11-14-32/h6,12,15-18,25,31-33,36,38H,4-5,7-11,13-14,19-24,26-28H2,1-3H3,(H,44,45)/b12-6-/t33-,36+,38+/m0/s1. The fourth-order valence-corrected chi connectivity index (χ4v) is 8.33. The second kappa shape index (κ2) is 16.8. The first-order valence-corrected chi connectivity index (χ1v) is 18.2. The largest absolute Gasteiger partial charge is 0.494 e. The number of aryl methyl sites for hydroxylation is 1. The van der Waals surface area contributed by atoms with E-state index >= 15 is 0 Å². The lowest BCUT2D eigenvalue weighted by Gasteiger charge is -2.35. The van der Waals surface area contributed by atoms with Crippen molar-refractivity contribution >= 4 is 5.97 Å². The Bertz CT molecular complexity index is 1290. The number of piperidine rings is 1. The van der Waals surface area contributed by atoms with E-state index in [1.807, 2.05) is 6.92 Å². The summed E-state index contributed by atoms with van der Waals surface area (Å²) < 4.78 is 8.07. The van der Waals surface area contributed by atoms with Gasteiger partial charge in [0.15, 0.2) is 0 Å². The number of carbonyl (C=O) groups is 1. The van der Waals surface area contributed by atoms with E-state index in [1.54, 1.807) is 0 Å². The number of benzene rings is 1. The molecule has 1 saturated carbocycles. The molecule has 0 amide bonds. The predicted molar refractivity (Wildman–Crippen MR) is 186 cm³/mol. The fraction of sp³-hybridized carbons (Fsp3) is 0.641. The van der Waals surface area contributed by atoms with Crippen LogP contribution in [-0.4, -0.2) is 76.0 Å². The van der Waals surface area contributed by atoms with Gasteiger partial charge < -0.3 is 14.7 Å². The zero-order valence-corrected chi connectivity index (χ0v) is 28.7. The number of nitrogens with zero attached hydrogens (tertiary/aromatic N) is 4. The number of allylic oxidation sites excluding steroid dienone is 2. The predicted octanol–water partition coefficient (Wildman–Crippen LogP) is 7.57. The molecule has 7 heteroatoms. The topological polar surface area (TPSA) is 70.8 Å². The molecular weight excluding hydrogens is 572 g/mol. The summed E-state index contributed by atoms with van der Waals surface area (Å²) in [5.74, 6) is 1.81. The normalized spacial score (nSPS) is 22.8. The highest BCUT2D eigenvalue weighted by atomic mass is 16.5. The summed E-state index contributed by atoms with van der Waals surface area (Å²) in [5, 5.41) is 15.3.